The van der Waals surface area contributed by atoms with Crippen molar-refractivity contribution in [3.05, 3.63) is 28.3 Å². The van der Waals surface area contributed by atoms with Crippen molar-refractivity contribution in [3.8, 4) is 5.75 Å². The molecular formula is C9H7ClF2O2. The number of halogens is 3. The van der Waals surface area contributed by atoms with Gasteiger partial charge in [-0.1, -0.05) is 11.6 Å². The minimum atomic E-state index is -0.975. The third kappa shape index (κ3) is 1.35. The van der Waals surface area contributed by atoms with Gasteiger partial charge < -0.3 is 9.84 Å². The van der Waals surface area contributed by atoms with E-state index in [1.165, 1.54) is 0 Å². The topological polar surface area (TPSA) is 29.5 Å². The zero-order valence-corrected chi connectivity index (χ0v) is 7.81. The summed E-state index contributed by atoms with van der Waals surface area (Å²) in [6.07, 6.45) is -0.692. The lowest BCUT2D eigenvalue weighted by Gasteiger charge is -2.23. The fourth-order valence-electron chi connectivity index (χ4n) is 1.46. The molecule has 0 radical (unpaired) electrons. The van der Waals surface area contributed by atoms with Crippen molar-refractivity contribution in [1.29, 1.82) is 0 Å². The molecule has 0 spiro atoms. The van der Waals surface area contributed by atoms with Crippen molar-refractivity contribution < 1.29 is 18.6 Å². The fourth-order valence-corrected chi connectivity index (χ4v) is 1.67. The van der Waals surface area contributed by atoms with Gasteiger partial charge in [-0.25, -0.2) is 8.78 Å². The van der Waals surface area contributed by atoms with Crippen LogP contribution in [0.1, 0.15) is 18.1 Å². The van der Waals surface area contributed by atoms with Crippen LogP contribution in [0.25, 0.3) is 0 Å². The van der Waals surface area contributed by atoms with E-state index in [1.54, 1.807) is 0 Å². The van der Waals surface area contributed by atoms with E-state index in [2.05, 4.69) is 0 Å². The molecule has 2 nitrogen and oxygen atoms in total. The molecule has 76 valence electrons. The minimum Gasteiger partial charge on any atom is -0.491 e. The van der Waals surface area contributed by atoms with Gasteiger partial charge in [0.25, 0.3) is 0 Å². The van der Waals surface area contributed by atoms with Crippen molar-refractivity contribution in [1.82, 2.24) is 0 Å². The van der Waals surface area contributed by atoms with E-state index >= 15 is 0 Å². The highest BCUT2D eigenvalue weighted by molar-refractivity contribution is 6.32. The Kier molecular flexibility index (Phi) is 2.33. The standard InChI is InChI=1S/C9H7ClF2O2/c10-8-5(12)3-4(11)7-6(13)1-2-14-9(7)8/h3,6,13H,1-2H2/t6-/m1/s1. The molecule has 1 aromatic carbocycles. The first-order chi connectivity index (χ1) is 6.61. The van der Waals surface area contributed by atoms with Crippen LogP contribution in [0.4, 0.5) is 8.78 Å². The molecule has 0 amide bonds. The third-order valence-corrected chi connectivity index (χ3v) is 2.49. The Labute approximate surface area is 84.1 Å². The van der Waals surface area contributed by atoms with Crippen LogP contribution in [0, 0.1) is 11.6 Å². The van der Waals surface area contributed by atoms with Gasteiger partial charge >= 0.3 is 0 Å². The summed E-state index contributed by atoms with van der Waals surface area (Å²) >= 11 is 5.57. The fraction of sp³-hybridized carbons (Fsp3) is 0.333. The maximum atomic E-state index is 13.2. The average molecular weight is 221 g/mol. The van der Waals surface area contributed by atoms with Gasteiger partial charge in [0, 0.05) is 12.5 Å². The highest BCUT2D eigenvalue weighted by atomic mass is 35.5. The first kappa shape index (κ1) is 9.68. The lowest BCUT2D eigenvalue weighted by molar-refractivity contribution is 0.110. The number of ether oxygens (including phenoxy) is 1. The summed E-state index contributed by atoms with van der Waals surface area (Å²) in [4.78, 5) is 0. The van der Waals surface area contributed by atoms with Gasteiger partial charge in [-0.3, -0.25) is 0 Å². The Morgan fingerprint density at radius 1 is 1.43 bits per heavy atom. The number of benzene rings is 1. The van der Waals surface area contributed by atoms with Crippen LogP contribution in [-0.2, 0) is 0 Å². The summed E-state index contributed by atoms with van der Waals surface area (Å²) in [5, 5.41) is 9.18. The third-order valence-electron chi connectivity index (χ3n) is 2.14. The summed E-state index contributed by atoms with van der Waals surface area (Å²) in [6.45, 7) is 0.205. The molecule has 0 unspecified atom stereocenters. The molecular weight excluding hydrogens is 214 g/mol. The van der Waals surface area contributed by atoms with Gasteiger partial charge in [0.05, 0.1) is 18.3 Å². The highest BCUT2D eigenvalue weighted by Gasteiger charge is 2.27. The predicted octanol–water partition coefficient (Wildman–Crippen LogP) is 2.43. The summed E-state index contributed by atoms with van der Waals surface area (Å²) in [7, 11) is 0. The van der Waals surface area contributed by atoms with Crippen LogP contribution in [-0.4, -0.2) is 11.7 Å². The second kappa shape index (κ2) is 3.37. The maximum Gasteiger partial charge on any atom is 0.149 e. The first-order valence-electron chi connectivity index (χ1n) is 4.09. The zero-order chi connectivity index (χ0) is 10.3. The van der Waals surface area contributed by atoms with Crippen molar-refractivity contribution in [2.75, 3.05) is 6.61 Å². The highest BCUT2D eigenvalue weighted by Crippen LogP contribution is 2.40. The van der Waals surface area contributed by atoms with E-state index in [4.69, 9.17) is 16.3 Å². The van der Waals surface area contributed by atoms with Crippen molar-refractivity contribution in [2.24, 2.45) is 0 Å². The van der Waals surface area contributed by atoms with Crippen LogP contribution >= 0.6 is 11.6 Å². The van der Waals surface area contributed by atoms with Crippen LogP contribution in [0.2, 0.25) is 5.02 Å². The molecule has 1 N–H and O–H groups in total. The Balaban J connectivity index is 2.66. The monoisotopic (exact) mass is 220 g/mol. The van der Waals surface area contributed by atoms with E-state index in [0.717, 1.165) is 0 Å². The summed E-state index contributed by atoms with van der Waals surface area (Å²) in [5.41, 5.74) is -0.0531. The molecule has 2 rings (SSSR count). The molecule has 0 saturated heterocycles. The molecule has 0 fully saturated rings. The van der Waals surface area contributed by atoms with E-state index in [0.29, 0.717) is 6.07 Å². The van der Waals surface area contributed by atoms with Crippen molar-refractivity contribution >= 4 is 11.6 Å². The molecule has 1 aromatic rings. The van der Waals surface area contributed by atoms with E-state index in [-0.39, 0.29) is 29.4 Å². The molecule has 0 aliphatic carbocycles. The van der Waals surface area contributed by atoms with Crippen LogP contribution in [0.3, 0.4) is 0 Å². The second-order valence-corrected chi connectivity index (χ2v) is 3.43. The average Bonchev–Trinajstić information content (AvgIpc) is 2.14. The van der Waals surface area contributed by atoms with Gasteiger partial charge in [0.15, 0.2) is 0 Å². The van der Waals surface area contributed by atoms with Crippen LogP contribution in [0.15, 0.2) is 6.07 Å². The number of rotatable bonds is 0. The molecule has 0 aromatic heterocycles. The number of hydrogen-bond acceptors (Lipinski definition) is 2. The normalized spacial score (nSPS) is 20.1. The SMILES string of the molecule is O[C@@H]1CCOc2c(Cl)c(F)cc(F)c21. The van der Waals surface area contributed by atoms with Crippen LogP contribution < -0.4 is 4.74 Å². The molecule has 1 atom stereocenters. The maximum absolute atomic E-state index is 13.2. The number of fused-ring (bicyclic) bond motifs is 1. The first-order valence-corrected chi connectivity index (χ1v) is 4.47. The van der Waals surface area contributed by atoms with E-state index < -0.39 is 17.7 Å². The largest absolute Gasteiger partial charge is 0.491 e. The van der Waals surface area contributed by atoms with Gasteiger partial charge in [-0.15, -0.1) is 0 Å². The Hall–Kier alpha value is -0.870. The van der Waals surface area contributed by atoms with Gasteiger partial charge in [0.2, 0.25) is 0 Å². The molecule has 14 heavy (non-hydrogen) atoms. The molecule has 5 heteroatoms. The summed E-state index contributed by atoms with van der Waals surface area (Å²) in [6, 6.07) is 0.652. The van der Waals surface area contributed by atoms with E-state index in [9.17, 15) is 13.9 Å². The van der Waals surface area contributed by atoms with Crippen molar-refractivity contribution in [3.63, 3.8) is 0 Å². The van der Waals surface area contributed by atoms with Crippen molar-refractivity contribution in [2.45, 2.75) is 12.5 Å². The molecule has 1 aliphatic rings. The quantitative estimate of drug-likeness (QED) is 0.681. The Morgan fingerprint density at radius 3 is 2.86 bits per heavy atom. The Bertz CT molecular complexity index is 382. The number of hydrogen-bond donors (Lipinski definition) is 1. The van der Waals surface area contributed by atoms with Gasteiger partial charge in [0.1, 0.15) is 22.4 Å². The zero-order valence-electron chi connectivity index (χ0n) is 7.06. The number of aliphatic hydroxyl groups is 1. The van der Waals surface area contributed by atoms with Gasteiger partial charge in [-0.05, 0) is 0 Å². The molecule has 0 saturated carbocycles. The lowest BCUT2D eigenvalue weighted by Crippen LogP contribution is -2.16. The minimum absolute atomic E-state index is 0.0531. The number of aliphatic hydroxyl groups excluding tert-OH is 1. The Morgan fingerprint density at radius 2 is 2.14 bits per heavy atom. The van der Waals surface area contributed by atoms with Crippen LogP contribution in [0.5, 0.6) is 5.75 Å². The molecule has 1 aliphatic heterocycles. The summed E-state index contributed by atoms with van der Waals surface area (Å²) in [5.74, 6) is -1.78. The van der Waals surface area contributed by atoms with Gasteiger partial charge in [-0.2, -0.15) is 0 Å². The summed E-state index contributed by atoms with van der Waals surface area (Å²) < 4.78 is 31.2. The molecule has 1 heterocycles. The van der Waals surface area contributed by atoms with E-state index in [1.807, 2.05) is 0 Å². The second-order valence-electron chi connectivity index (χ2n) is 3.05. The predicted molar refractivity (Wildman–Crippen MR) is 46.4 cm³/mol. The molecule has 0 bridgehead atoms. The smallest absolute Gasteiger partial charge is 0.149 e. The lowest BCUT2D eigenvalue weighted by atomic mass is 10.0.